The van der Waals surface area contributed by atoms with Crippen LogP contribution in [-0.2, 0) is 0 Å². The van der Waals surface area contributed by atoms with Gasteiger partial charge in [-0.25, -0.2) is 0 Å². The molecule has 0 saturated carbocycles. The molecule has 2 rings (SSSR count). The van der Waals surface area contributed by atoms with E-state index in [1.807, 2.05) is 66.8 Å². The van der Waals surface area contributed by atoms with Crippen molar-refractivity contribution < 1.29 is 0 Å². The fraction of sp³-hybridized carbons (Fsp3) is 0. The van der Waals surface area contributed by atoms with Crippen molar-refractivity contribution in [3.8, 4) is 0 Å². The van der Waals surface area contributed by atoms with Gasteiger partial charge in [-0.3, -0.25) is 0 Å². The van der Waals surface area contributed by atoms with Gasteiger partial charge >= 0.3 is 0 Å². The van der Waals surface area contributed by atoms with Crippen molar-refractivity contribution in [2.24, 2.45) is 0 Å². The molecule has 0 amide bonds. The molecule has 0 radical (unpaired) electrons. The second kappa shape index (κ2) is 8.77. The van der Waals surface area contributed by atoms with Crippen LogP contribution in [0.1, 0.15) is 11.1 Å². The molecule has 0 heteroatoms. The third-order valence-electron chi connectivity index (χ3n) is 2.26. The smallest absolute Gasteiger partial charge is 0.0257 e. The Morgan fingerprint density at radius 2 is 1.17 bits per heavy atom. The Balaban J connectivity index is 0.000000184. The maximum atomic E-state index is 3.63. The van der Waals surface area contributed by atoms with E-state index in [0.717, 1.165) is 0 Å². The zero-order chi connectivity index (χ0) is 13.1. The zero-order valence-electron chi connectivity index (χ0n) is 10.5. The summed E-state index contributed by atoms with van der Waals surface area (Å²) in [6.07, 6.45) is 7.55. The number of allylic oxidation sites excluding steroid dienone is 2. The third kappa shape index (κ3) is 5.66. The van der Waals surface area contributed by atoms with Gasteiger partial charge in [0.05, 0.1) is 0 Å². The lowest BCUT2D eigenvalue weighted by molar-refractivity contribution is 1.66. The Kier molecular flexibility index (Phi) is 6.69. The molecule has 0 heterocycles. The van der Waals surface area contributed by atoms with Crippen molar-refractivity contribution in [2.75, 3.05) is 0 Å². The molecule has 2 aromatic carbocycles. The van der Waals surface area contributed by atoms with Crippen LogP contribution in [0.3, 0.4) is 0 Å². The maximum absolute atomic E-state index is 3.63. The van der Waals surface area contributed by atoms with Crippen molar-refractivity contribution in [1.29, 1.82) is 0 Å². The van der Waals surface area contributed by atoms with Gasteiger partial charge in [0, 0.05) is 0 Å². The molecule has 0 bridgehead atoms. The van der Waals surface area contributed by atoms with Crippen molar-refractivity contribution in [3.63, 3.8) is 0 Å². The normalized spacial score (nSPS) is 9.33. The molecule has 0 aliphatic heterocycles. The lowest BCUT2D eigenvalue weighted by atomic mass is 10.2. The predicted octanol–water partition coefficient (Wildman–Crippen LogP) is 5.22. The minimum atomic E-state index is 1.17. The summed E-state index contributed by atoms with van der Waals surface area (Å²) in [5.74, 6) is 0. The fourth-order valence-electron chi connectivity index (χ4n) is 1.33. The van der Waals surface area contributed by atoms with E-state index < -0.39 is 0 Å². The summed E-state index contributed by atoms with van der Waals surface area (Å²) in [5.41, 5.74) is 2.38. The average Bonchev–Trinajstić information content (AvgIpc) is 2.48. The van der Waals surface area contributed by atoms with Crippen molar-refractivity contribution in [2.45, 2.75) is 0 Å². The molecule has 0 aliphatic carbocycles. The number of hydrogen-bond acceptors (Lipinski definition) is 0. The molecule has 0 unspecified atom stereocenters. The summed E-state index contributed by atoms with van der Waals surface area (Å²) in [4.78, 5) is 0. The molecule has 0 aliphatic rings. The van der Waals surface area contributed by atoms with Crippen LogP contribution in [0, 0.1) is 0 Å². The van der Waals surface area contributed by atoms with Crippen LogP contribution in [0.2, 0.25) is 0 Å². The van der Waals surface area contributed by atoms with E-state index in [-0.39, 0.29) is 0 Å². The van der Waals surface area contributed by atoms with Crippen molar-refractivity contribution in [3.05, 3.63) is 97.1 Å². The van der Waals surface area contributed by atoms with Crippen LogP contribution in [0.15, 0.2) is 86.0 Å². The van der Waals surface area contributed by atoms with Gasteiger partial charge in [-0.2, -0.15) is 0 Å². The summed E-state index contributed by atoms with van der Waals surface area (Å²) in [6, 6.07) is 20.2. The highest BCUT2D eigenvalue weighted by molar-refractivity contribution is 5.50. The lowest BCUT2D eigenvalue weighted by Crippen LogP contribution is -1.65. The number of benzene rings is 2. The molecule has 0 nitrogen and oxygen atoms in total. The first-order valence-corrected chi connectivity index (χ1v) is 5.88. The second-order valence-electron chi connectivity index (χ2n) is 3.62. The van der Waals surface area contributed by atoms with E-state index in [1.165, 1.54) is 11.1 Å². The monoisotopic (exact) mass is 234 g/mol. The SMILES string of the molecule is C=CC=Cc1ccccc1.C=Cc1ccccc1. The first-order valence-electron chi connectivity index (χ1n) is 5.88. The highest BCUT2D eigenvalue weighted by Gasteiger charge is 1.78. The molecule has 0 saturated heterocycles. The van der Waals surface area contributed by atoms with Crippen LogP contribution in [0.25, 0.3) is 12.2 Å². The summed E-state index contributed by atoms with van der Waals surface area (Å²) in [6.45, 7) is 7.22. The summed E-state index contributed by atoms with van der Waals surface area (Å²) >= 11 is 0. The Bertz CT molecular complexity index is 478. The molecule has 0 atom stereocenters. The average molecular weight is 234 g/mol. The van der Waals surface area contributed by atoms with Crippen LogP contribution < -0.4 is 0 Å². The van der Waals surface area contributed by atoms with E-state index in [2.05, 4.69) is 25.3 Å². The molecule has 2 aromatic rings. The van der Waals surface area contributed by atoms with Crippen molar-refractivity contribution >= 4 is 12.2 Å². The number of rotatable bonds is 3. The summed E-state index contributed by atoms with van der Waals surface area (Å²) in [5, 5.41) is 0. The summed E-state index contributed by atoms with van der Waals surface area (Å²) in [7, 11) is 0. The lowest BCUT2D eigenvalue weighted by Gasteiger charge is -1.87. The standard InChI is InChI=1S/C10H10.C8H8/c1-2-3-7-10-8-5-4-6-9-10;1-2-8-6-4-3-5-7-8/h2-9H,1H2;2-7H,1H2. The highest BCUT2D eigenvalue weighted by atomic mass is 13.8. The molecule has 18 heavy (non-hydrogen) atoms. The van der Waals surface area contributed by atoms with Gasteiger partial charge in [0.1, 0.15) is 0 Å². The van der Waals surface area contributed by atoms with Gasteiger partial charge in [0.15, 0.2) is 0 Å². The largest absolute Gasteiger partial charge is 0.0991 e. The minimum Gasteiger partial charge on any atom is -0.0991 e. The van der Waals surface area contributed by atoms with E-state index >= 15 is 0 Å². The maximum Gasteiger partial charge on any atom is -0.0257 e. The Morgan fingerprint density at radius 1 is 0.667 bits per heavy atom. The van der Waals surface area contributed by atoms with Crippen LogP contribution in [-0.4, -0.2) is 0 Å². The third-order valence-corrected chi connectivity index (χ3v) is 2.26. The molecular weight excluding hydrogens is 216 g/mol. The minimum absolute atomic E-state index is 1.17. The molecule has 90 valence electrons. The first-order chi connectivity index (χ1) is 8.86. The van der Waals surface area contributed by atoms with Gasteiger partial charge in [-0.15, -0.1) is 0 Å². The van der Waals surface area contributed by atoms with E-state index in [4.69, 9.17) is 0 Å². The first kappa shape index (κ1) is 13.7. The Morgan fingerprint density at radius 3 is 1.56 bits per heavy atom. The summed E-state index contributed by atoms with van der Waals surface area (Å²) < 4.78 is 0. The molecule has 0 spiro atoms. The van der Waals surface area contributed by atoms with Gasteiger partial charge in [-0.1, -0.05) is 98.1 Å². The Labute approximate surface area is 110 Å². The molecule has 0 aromatic heterocycles. The van der Waals surface area contributed by atoms with E-state index in [0.29, 0.717) is 0 Å². The zero-order valence-corrected chi connectivity index (χ0v) is 10.5. The predicted molar refractivity (Wildman–Crippen MR) is 82.2 cm³/mol. The van der Waals surface area contributed by atoms with Crippen molar-refractivity contribution in [1.82, 2.24) is 0 Å². The highest BCUT2D eigenvalue weighted by Crippen LogP contribution is 2.00. The number of hydrogen-bond donors (Lipinski definition) is 0. The molecular formula is C18H18. The van der Waals surface area contributed by atoms with Crippen LogP contribution in [0.4, 0.5) is 0 Å². The van der Waals surface area contributed by atoms with Crippen LogP contribution in [0.5, 0.6) is 0 Å². The van der Waals surface area contributed by atoms with Crippen LogP contribution >= 0.6 is 0 Å². The second-order valence-corrected chi connectivity index (χ2v) is 3.62. The van der Waals surface area contributed by atoms with Gasteiger partial charge in [0.2, 0.25) is 0 Å². The molecule has 0 N–H and O–H groups in total. The van der Waals surface area contributed by atoms with Gasteiger partial charge in [0.25, 0.3) is 0 Å². The van der Waals surface area contributed by atoms with E-state index in [1.54, 1.807) is 6.08 Å². The van der Waals surface area contributed by atoms with E-state index in [9.17, 15) is 0 Å². The topological polar surface area (TPSA) is 0 Å². The fourth-order valence-corrected chi connectivity index (χ4v) is 1.33. The van der Waals surface area contributed by atoms with Gasteiger partial charge in [-0.05, 0) is 11.1 Å². The quantitative estimate of drug-likeness (QED) is 0.639. The molecule has 0 fully saturated rings. The Hall–Kier alpha value is -2.34. The van der Waals surface area contributed by atoms with Gasteiger partial charge < -0.3 is 0 Å².